The first kappa shape index (κ1) is 13.3. The second-order valence-corrected chi connectivity index (χ2v) is 6.12. The second kappa shape index (κ2) is 5.68. The lowest BCUT2D eigenvalue weighted by Gasteiger charge is -2.43. The standard InChI is InChI=1S/C14H28N2O/c1-14(15-2)8-10-16(11-9-14)12-6-4-3-5-7-13(12)17/h12-13,15,17H,3-11H2,1-2H3. The van der Waals surface area contributed by atoms with E-state index in [1.165, 1.54) is 38.5 Å². The molecule has 2 N–H and O–H groups in total. The van der Waals surface area contributed by atoms with Crippen LogP contribution in [0.25, 0.3) is 0 Å². The van der Waals surface area contributed by atoms with E-state index in [1.54, 1.807) is 0 Å². The Morgan fingerprint density at radius 1 is 1.12 bits per heavy atom. The van der Waals surface area contributed by atoms with Gasteiger partial charge in [0.1, 0.15) is 0 Å². The van der Waals surface area contributed by atoms with Crippen LogP contribution in [-0.2, 0) is 0 Å². The third kappa shape index (κ3) is 3.21. The molecule has 1 saturated heterocycles. The largest absolute Gasteiger partial charge is 0.391 e. The minimum absolute atomic E-state index is 0.0866. The average molecular weight is 240 g/mol. The van der Waals surface area contributed by atoms with Crippen molar-refractivity contribution in [2.45, 2.75) is 69.6 Å². The van der Waals surface area contributed by atoms with Crippen molar-refractivity contribution in [1.29, 1.82) is 0 Å². The van der Waals surface area contributed by atoms with Crippen LogP contribution in [0, 0.1) is 0 Å². The summed E-state index contributed by atoms with van der Waals surface area (Å²) in [5.74, 6) is 0. The topological polar surface area (TPSA) is 35.5 Å². The molecule has 0 aromatic rings. The van der Waals surface area contributed by atoms with Gasteiger partial charge in [0.25, 0.3) is 0 Å². The molecular formula is C14H28N2O. The monoisotopic (exact) mass is 240 g/mol. The highest BCUT2D eigenvalue weighted by Gasteiger charge is 2.34. The van der Waals surface area contributed by atoms with Crippen LogP contribution in [0.2, 0.25) is 0 Å². The van der Waals surface area contributed by atoms with Crippen LogP contribution < -0.4 is 5.32 Å². The summed E-state index contributed by atoms with van der Waals surface area (Å²) in [5.41, 5.74) is 0.312. The normalized spacial score (nSPS) is 35.5. The fraction of sp³-hybridized carbons (Fsp3) is 1.00. The smallest absolute Gasteiger partial charge is 0.0695 e. The van der Waals surface area contributed by atoms with E-state index in [0.29, 0.717) is 11.6 Å². The lowest BCUT2D eigenvalue weighted by atomic mass is 9.88. The van der Waals surface area contributed by atoms with Crippen molar-refractivity contribution in [2.75, 3.05) is 20.1 Å². The van der Waals surface area contributed by atoms with Crippen LogP contribution in [0.4, 0.5) is 0 Å². The maximum Gasteiger partial charge on any atom is 0.0695 e. The zero-order chi connectivity index (χ0) is 12.3. The van der Waals surface area contributed by atoms with Crippen LogP contribution in [0.5, 0.6) is 0 Å². The molecule has 1 heterocycles. The van der Waals surface area contributed by atoms with Gasteiger partial charge in [-0.25, -0.2) is 0 Å². The fourth-order valence-electron chi connectivity index (χ4n) is 3.29. The van der Waals surface area contributed by atoms with Gasteiger partial charge in [-0.1, -0.05) is 19.3 Å². The summed E-state index contributed by atoms with van der Waals surface area (Å²) in [7, 11) is 2.07. The van der Waals surface area contributed by atoms with E-state index in [4.69, 9.17) is 0 Å². The number of hydrogen-bond acceptors (Lipinski definition) is 3. The first-order valence-corrected chi connectivity index (χ1v) is 7.26. The molecule has 2 unspecified atom stereocenters. The summed E-state index contributed by atoms with van der Waals surface area (Å²) < 4.78 is 0. The Balaban J connectivity index is 1.90. The zero-order valence-electron chi connectivity index (χ0n) is 11.4. The number of likely N-dealkylation sites (tertiary alicyclic amines) is 1. The van der Waals surface area contributed by atoms with Crippen molar-refractivity contribution < 1.29 is 5.11 Å². The van der Waals surface area contributed by atoms with E-state index in [2.05, 4.69) is 24.2 Å². The molecule has 1 saturated carbocycles. The molecule has 0 spiro atoms. The third-order valence-corrected chi connectivity index (χ3v) is 4.92. The van der Waals surface area contributed by atoms with Gasteiger partial charge in [-0.15, -0.1) is 0 Å². The Labute approximate surface area is 106 Å². The van der Waals surface area contributed by atoms with Crippen LogP contribution in [0.1, 0.15) is 51.9 Å². The summed E-state index contributed by atoms with van der Waals surface area (Å²) in [5, 5.41) is 13.7. The van der Waals surface area contributed by atoms with Gasteiger partial charge in [-0.05, 0) is 39.7 Å². The Hall–Kier alpha value is -0.120. The molecule has 0 aromatic carbocycles. The van der Waals surface area contributed by atoms with E-state index >= 15 is 0 Å². The van der Waals surface area contributed by atoms with Gasteiger partial charge in [0, 0.05) is 24.7 Å². The lowest BCUT2D eigenvalue weighted by Crippen LogP contribution is -2.54. The molecule has 3 nitrogen and oxygen atoms in total. The number of nitrogens with zero attached hydrogens (tertiary/aromatic N) is 1. The van der Waals surface area contributed by atoms with Crippen LogP contribution >= 0.6 is 0 Å². The Morgan fingerprint density at radius 3 is 2.41 bits per heavy atom. The Bertz CT molecular complexity index is 236. The summed E-state index contributed by atoms with van der Waals surface area (Å²) in [4.78, 5) is 2.54. The molecule has 3 heteroatoms. The molecule has 2 aliphatic rings. The Kier molecular flexibility index (Phi) is 4.45. The predicted molar refractivity (Wildman–Crippen MR) is 71.2 cm³/mol. The number of nitrogens with one attached hydrogen (secondary N) is 1. The fourth-order valence-corrected chi connectivity index (χ4v) is 3.29. The van der Waals surface area contributed by atoms with Crippen LogP contribution in [0.3, 0.4) is 0 Å². The van der Waals surface area contributed by atoms with Gasteiger partial charge in [-0.3, -0.25) is 4.90 Å². The van der Waals surface area contributed by atoms with Crippen LogP contribution in [0.15, 0.2) is 0 Å². The SMILES string of the molecule is CNC1(C)CCN(C2CCCCCC2O)CC1. The summed E-state index contributed by atoms with van der Waals surface area (Å²) in [6.07, 6.45) is 8.31. The van der Waals surface area contributed by atoms with Gasteiger partial charge < -0.3 is 10.4 Å². The van der Waals surface area contributed by atoms with E-state index in [-0.39, 0.29) is 6.10 Å². The molecule has 17 heavy (non-hydrogen) atoms. The maximum atomic E-state index is 10.2. The van der Waals surface area contributed by atoms with Crippen molar-refractivity contribution in [3.05, 3.63) is 0 Å². The Morgan fingerprint density at radius 2 is 1.76 bits per heavy atom. The molecule has 1 aliphatic heterocycles. The van der Waals surface area contributed by atoms with E-state index < -0.39 is 0 Å². The van der Waals surface area contributed by atoms with Crippen molar-refractivity contribution >= 4 is 0 Å². The van der Waals surface area contributed by atoms with E-state index in [9.17, 15) is 5.11 Å². The highest BCUT2D eigenvalue weighted by atomic mass is 16.3. The minimum atomic E-state index is -0.0866. The molecule has 2 rings (SSSR count). The van der Waals surface area contributed by atoms with Gasteiger partial charge in [0.05, 0.1) is 6.10 Å². The van der Waals surface area contributed by atoms with Crippen molar-refractivity contribution in [1.82, 2.24) is 10.2 Å². The highest BCUT2D eigenvalue weighted by Crippen LogP contribution is 2.28. The highest BCUT2D eigenvalue weighted by molar-refractivity contribution is 4.92. The quantitative estimate of drug-likeness (QED) is 0.722. The van der Waals surface area contributed by atoms with Gasteiger partial charge in [0.2, 0.25) is 0 Å². The maximum absolute atomic E-state index is 10.2. The van der Waals surface area contributed by atoms with Gasteiger partial charge in [-0.2, -0.15) is 0 Å². The lowest BCUT2D eigenvalue weighted by molar-refractivity contribution is 0.0190. The molecular weight excluding hydrogens is 212 g/mol. The zero-order valence-corrected chi connectivity index (χ0v) is 11.4. The van der Waals surface area contributed by atoms with E-state index in [0.717, 1.165) is 19.5 Å². The third-order valence-electron chi connectivity index (χ3n) is 4.92. The average Bonchev–Trinajstić information content (AvgIpc) is 2.55. The molecule has 2 fully saturated rings. The number of rotatable bonds is 2. The first-order chi connectivity index (χ1) is 8.14. The van der Waals surface area contributed by atoms with E-state index in [1.807, 2.05) is 0 Å². The molecule has 0 amide bonds. The first-order valence-electron chi connectivity index (χ1n) is 7.26. The summed E-state index contributed by atoms with van der Waals surface area (Å²) in [6, 6.07) is 0.430. The van der Waals surface area contributed by atoms with Crippen molar-refractivity contribution in [2.24, 2.45) is 0 Å². The second-order valence-electron chi connectivity index (χ2n) is 6.12. The molecule has 2 atom stereocenters. The predicted octanol–water partition coefficient (Wildman–Crippen LogP) is 1.75. The summed E-state index contributed by atoms with van der Waals surface area (Å²) in [6.45, 7) is 4.59. The number of piperidine rings is 1. The molecule has 1 aliphatic carbocycles. The molecule has 100 valence electrons. The molecule has 0 bridgehead atoms. The number of hydrogen-bond donors (Lipinski definition) is 2. The van der Waals surface area contributed by atoms with Crippen LogP contribution in [-0.4, -0.2) is 47.8 Å². The number of aliphatic hydroxyl groups excluding tert-OH is 1. The molecule has 0 aromatic heterocycles. The minimum Gasteiger partial charge on any atom is -0.391 e. The number of aliphatic hydroxyl groups is 1. The van der Waals surface area contributed by atoms with Crippen molar-refractivity contribution in [3.63, 3.8) is 0 Å². The summed E-state index contributed by atoms with van der Waals surface area (Å²) >= 11 is 0. The van der Waals surface area contributed by atoms with Crippen molar-refractivity contribution in [3.8, 4) is 0 Å². The molecule has 0 radical (unpaired) electrons. The van der Waals surface area contributed by atoms with Gasteiger partial charge in [0.15, 0.2) is 0 Å². The van der Waals surface area contributed by atoms with Gasteiger partial charge >= 0.3 is 0 Å².